The molecule has 0 unspecified atom stereocenters. The Bertz CT molecular complexity index is 1270. The van der Waals surface area contributed by atoms with Crippen LogP contribution < -0.4 is 14.8 Å². The standard InChI is InChI=1S/C28H33ClN4O4/c1-36-24-4-3-5-25(37-2)27(24)19-8-12-32(13-9-19)28(35)22-17-33(23-16-20(29)6-7-21(22)23)18-26(34)31-14-10-30-11-15-31/h3-7,16-17,19,30H,8-15,18H2,1-2H3. The molecule has 2 fully saturated rings. The zero-order valence-corrected chi connectivity index (χ0v) is 22.1. The fourth-order valence-corrected chi connectivity index (χ4v) is 5.72. The van der Waals surface area contributed by atoms with Crippen LogP contribution in [-0.2, 0) is 11.3 Å². The van der Waals surface area contributed by atoms with Crippen molar-refractivity contribution in [1.82, 2.24) is 19.7 Å². The van der Waals surface area contributed by atoms with E-state index < -0.39 is 0 Å². The summed E-state index contributed by atoms with van der Waals surface area (Å²) in [5.74, 6) is 1.90. The smallest absolute Gasteiger partial charge is 0.256 e. The van der Waals surface area contributed by atoms with Gasteiger partial charge in [0.25, 0.3) is 5.91 Å². The largest absolute Gasteiger partial charge is 0.496 e. The number of fused-ring (bicyclic) bond motifs is 1. The van der Waals surface area contributed by atoms with Crippen molar-refractivity contribution in [3.8, 4) is 11.5 Å². The molecule has 3 aromatic rings. The van der Waals surface area contributed by atoms with Gasteiger partial charge in [-0.2, -0.15) is 0 Å². The first-order valence-electron chi connectivity index (χ1n) is 12.8. The van der Waals surface area contributed by atoms with Crippen LogP contribution in [0, 0.1) is 0 Å². The van der Waals surface area contributed by atoms with E-state index >= 15 is 0 Å². The van der Waals surface area contributed by atoms with Gasteiger partial charge in [-0.1, -0.05) is 23.7 Å². The number of piperidine rings is 1. The molecule has 0 bridgehead atoms. The minimum atomic E-state index is -0.0221. The Morgan fingerprint density at radius 2 is 1.65 bits per heavy atom. The Morgan fingerprint density at radius 1 is 0.973 bits per heavy atom. The summed E-state index contributed by atoms with van der Waals surface area (Å²) < 4.78 is 13.1. The highest BCUT2D eigenvalue weighted by Gasteiger charge is 2.30. The van der Waals surface area contributed by atoms with E-state index in [-0.39, 0.29) is 24.3 Å². The van der Waals surface area contributed by atoms with Gasteiger partial charge >= 0.3 is 0 Å². The number of piperazine rings is 1. The van der Waals surface area contributed by atoms with E-state index in [0.29, 0.717) is 36.8 Å². The molecule has 5 rings (SSSR count). The third-order valence-electron chi connectivity index (χ3n) is 7.51. The molecule has 0 atom stereocenters. The Balaban J connectivity index is 1.36. The molecule has 8 nitrogen and oxygen atoms in total. The maximum Gasteiger partial charge on any atom is 0.256 e. The number of methoxy groups -OCH3 is 2. The number of amides is 2. The molecule has 3 heterocycles. The van der Waals surface area contributed by atoms with Crippen LogP contribution in [-0.4, -0.2) is 79.7 Å². The first-order chi connectivity index (χ1) is 18.0. The molecule has 2 aliphatic heterocycles. The van der Waals surface area contributed by atoms with Crippen molar-refractivity contribution < 1.29 is 19.1 Å². The third-order valence-corrected chi connectivity index (χ3v) is 7.74. The van der Waals surface area contributed by atoms with E-state index in [4.69, 9.17) is 21.1 Å². The molecular formula is C28H33ClN4O4. The maximum absolute atomic E-state index is 13.7. The molecule has 0 saturated carbocycles. The van der Waals surface area contributed by atoms with Crippen LogP contribution in [0.1, 0.15) is 34.7 Å². The van der Waals surface area contributed by atoms with Crippen molar-refractivity contribution in [3.63, 3.8) is 0 Å². The number of ether oxygens (including phenoxy) is 2. The summed E-state index contributed by atoms with van der Waals surface area (Å²) in [6, 6.07) is 11.3. The Labute approximate surface area is 222 Å². The summed E-state index contributed by atoms with van der Waals surface area (Å²) in [6.07, 6.45) is 3.45. The van der Waals surface area contributed by atoms with Crippen LogP contribution in [0.25, 0.3) is 10.9 Å². The number of benzene rings is 2. The number of carbonyl (C=O) groups excluding carboxylic acids is 2. The zero-order chi connectivity index (χ0) is 25.9. The molecule has 2 aromatic carbocycles. The van der Waals surface area contributed by atoms with E-state index in [1.54, 1.807) is 20.3 Å². The second kappa shape index (κ2) is 11.0. The van der Waals surface area contributed by atoms with Crippen LogP contribution in [0.4, 0.5) is 0 Å². The molecule has 0 radical (unpaired) electrons. The van der Waals surface area contributed by atoms with E-state index in [1.165, 1.54) is 0 Å². The maximum atomic E-state index is 13.7. The molecule has 9 heteroatoms. The van der Waals surface area contributed by atoms with Crippen LogP contribution in [0.2, 0.25) is 5.02 Å². The van der Waals surface area contributed by atoms with Crippen molar-refractivity contribution in [3.05, 3.63) is 58.7 Å². The van der Waals surface area contributed by atoms with Crippen LogP contribution >= 0.6 is 11.6 Å². The summed E-state index contributed by atoms with van der Waals surface area (Å²) >= 11 is 6.30. The van der Waals surface area contributed by atoms with Gasteiger partial charge in [-0.05, 0) is 43.0 Å². The van der Waals surface area contributed by atoms with E-state index in [9.17, 15) is 9.59 Å². The third kappa shape index (κ3) is 5.13. The molecule has 2 aliphatic rings. The predicted molar refractivity (Wildman–Crippen MR) is 144 cm³/mol. The van der Waals surface area contributed by atoms with Crippen LogP contribution in [0.5, 0.6) is 11.5 Å². The topological polar surface area (TPSA) is 76.0 Å². The van der Waals surface area contributed by atoms with Crippen molar-refractivity contribution in [2.75, 3.05) is 53.5 Å². The number of hydrogen-bond acceptors (Lipinski definition) is 5. The first kappa shape index (κ1) is 25.4. The quantitative estimate of drug-likeness (QED) is 0.531. The highest BCUT2D eigenvalue weighted by Crippen LogP contribution is 2.40. The lowest BCUT2D eigenvalue weighted by Crippen LogP contribution is -2.47. The van der Waals surface area contributed by atoms with Gasteiger partial charge < -0.3 is 29.2 Å². The molecule has 1 aromatic heterocycles. The summed E-state index contributed by atoms with van der Waals surface area (Å²) in [5, 5.41) is 4.66. The van der Waals surface area contributed by atoms with Crippen LogP contribution in [0.15, 0.2) is 42.6 Å². The first-order valence-corrected chi connectivity index (χ1v) is 13.1. The van der Waals surface area contributed by atoms with Gasteiger partial charge in [0.2, 0.25) is 5.91 Å². The van der Waals surface area contributed by atoms with Crippen LogP contribution in [0.3, 0.4) is 0 Å². The molecule has 2 amide bonds. The van der Waals surface area contributed by atoms with Gasteiger partial charge in [-0.15, -0.1) is 0 Å². The molecule has 1 N–H and O–H groups in total. The second-order valence-electron chi connectivity index (χ2n) is 9.61. The Morgan fingerprint density at radius 3 is 2.30 bits per heavy atom. The number of nitrogens with one attached hydrogen (secondary N) is 1. The number of hydrogen-bond donors (Lipinski definition) is 1. The van der Waals surface area contributed by atoms with Gasteiger partial charge in [0.1, 0.15) is 18.0 Å². The van der Waals surface area contributed by atoms with Gasteiger partial charge in [0, 0.05) is 61.4 Å². The van der Waals surface area contributed by atoms with E-state index in [1.807, 2.05) is 50.9 Å². The Hall–Kier alpha value is -3.23. The zero-order valence-electron chi connectivity index (χ0n) is 21.3. The number of aromatic nitrogens is 1. The van der Waals surface area contributed by atoms with Gasteiger partial charge in [-0.25, -0.2) is 0 Å². The Kier molecular flexibility index (Phi) is 7.58. The van der Waals surface area contributed by atoms with Crippen molar-refractivity contribution in [2.24, 2.45) is 0 Å². The van der Waals surface area contributed by atoms with E-state index in [0.717, 1.165) is 53.9 Å². The van der Waals surface area contributed by atoms with Crippen molar-refractivity contribution in [1.29, 1.82) is 0 Å². The molecular weight excluding hydrogens is 492 g/mol. The fraction of sp³-hybridized carbons (Fsp3) is 0.429. The number of nitrogens with zero attached hydrogens (tertiary/aromatic N) is 3. The lowest BCUT2D eigenvalue weighted by Gasteiger charge is -2.33. The average Bonchev–Trinajstić information content (AvgIpc) is 3.29. The van der Waals surface area contributed by atoms with Crippen molar-refractivity contribution >= 4 is 34.3 Å². The summed E-state index contributed by atoms with van der Waals surface area (Å²) in [6.45, 7) is 4.41. The van der Waals surface area contributed by atoms with E-state index in [2.05, 4.69) is 5.32 Å². The lowest BCUT2D eigenvalue weighted by molar-refractivity contribution is -0.132. The summed E-state index contributed by atoms with van der Waals surface area (Å²) in [5.41, 5.74) is 2.47. The van der Waals surface area contributed by atoms with Gasteiger partial charge in [0.05, 0.1) is 25.3 Å². The predicted octanol–water partition coefficient (Wildman–Crippen LogP) is 3.76. The SMILES string of the molecule is COc1cccc(OC)c1C1CCN(C(=O)c2cn(CC(=O)N3CCNCC3)c3cc(Cl)ccc23)CC1. The van der Waals surface area contributed by atoms with Gasteiger partial charge in [0.15, 0.2) is 0 Å². The highest BCUT2D eigenvalue weighted by atomic mass is 35.5. The molecule has 37 heavy (non-hydrogen) atoms. The minimum Gasteiger partial charge on any atom is -0.496 e. The minimum absolute atomic E-state index is 0.0221. The second-order valence-corrected chi connectivity index (χ2v) is 10.0. The lowest BCUT2D eigenvalue weighted by atomic mass is 9.88. The molecule has 2 saturated heterocycles. The number of halogens is 1. The molecule has 196 valence electrons. The monoisotopic (exact) mass is 524 g/mol. The highest BCUT2D eigenvalue weighted by molar-refractivity contribution is 6.31. The fourth-order valence-electron chi connectivity index (χ4n) is 5.55. The van der Waals surface area contributed by atoms with Gasteiger partial charge in [-0.3, -0.25) is 9.59 Å². The number of rotatable bonds is 6. The normalized spacial score (nSPS) is 16.7. The summed E-state index contributed by atoms with van der Waals surface area (Å²) in [7, 11) is 3.34. The number of likely N-dealkylation sites (tertiary alicyclic amines) is 1. The summed E-state index contributed by atoms with van der Waals surface area (Å²) in [4.78, 5) is 30.5. The molecule has 0 aliphatic carbocycles. The number of carbonyl (C=O) groups is 2. The van der Waals surface area contributed by atoms with Crippen molar-refractivity contribution in [2.45, 2.75) is 25.3 Å². The molecule has 0 spiro atoms. The average molecular weight is 525 g/mol.